The van der Waals surface area contributed by atoms with Crippen molar-refractivity contribution in [3.63, 3.8) is 0 Å². The van der Waals surface area contributed by atoms with Crippen molar-refractivity contribution in [3.05, 3.63) is 28.7 Å². The number of carbonyl (C=O) groups is 1. The molecule has 0 spiro atoms. The third kappa shape index (κ3) is 4.86. The minimum absolute atomic E-state index is 0.243. The Morgan fingerprint density at radius 1 is 1.58 bits per heavy atom. The Labute approximate surface area is 67.3 Å². The molecule has 0 fully saturated rings. The predicted molar refractivity (Wildman–Crippen MR) is 40.9 cm³/mol. The average Bonchev–Trinajstić information content (AvgIpc) is 1.94. The third-order valence-corrected chi connectivity index (χ3v) is 0.797. The van der Waals surface area contributed by atoms with E-state index in [0.717, 1.165) is 0 Å². The Hall–Kier alpha value is -1.98. The molecule has 5 N–H and O–H groups in total. The highest BCUT2D eigenvalue weighted by Crippen LogP contribution is 1.92. The van der Waals surface area contributed by atoms with Crippen molar-refractivity contribution >= 4 is 6.09 Å². The van der Waals surface area contributed by atoms with Gasteiger partial charge in [0.2, 0.25) is 0 Å². The molecule has 1 rings (SSSR count). The molecule has 1 aromatic heterocycles. The van der Waals surface area contributed by atoms with Gasteiger partial charge in [0.25, 0.3) is 5.56 Å². The zero-order valence-electron chi connectivity index (χ0n) is 6.02. The summed E-state index contributed by atoms with van der Waals surface area (Å²) < 4.78 is 0. The molecule has 1 amide bonds. The number of carboxylic acid groups (broad SMARTS) is 1. The molecule has 0 aliphatic heterocycles. The summed E-state index contributed by atoms with van der Waals surface area (Å²) in [6.45, 7) is 0. The molecule has 0 aromatic carbocycles. The number of hydrogen-bond acceptors (Lipinski definition) is 3. The number of primary amides is 1. The second-order valence-electron chi connectivity index (χ2n) is 1.72. The van der Waals surface area contributed by atoms with Gasteiger partial charge in [0.1, 0.15) is 0 Å². The van der Waals surface area contributed by atoms with Crippen LogP contribution >= 0.6 is 0 Å². The van der Waals surface area contributed by atoms with Crippen molar-refractivity contribution in [2.75, 3.05) is 0 Å². The lowest BCUT2D eigenvalue weighted by Crippen LogP contribution is -2.03. The van der Waals surface area contributed by atoms with Gasteiger partial charge in [-0.05, 0) is 12.1 Å². The molecule has 0 saturated carbocycles. The fourth-order valence-corrected chi connectivity index (χ4v) is 0.413. The van der Waals surface area contributed by atoms with Crippen LogP contribution < -0.4 is 11.3 Å². The number of pyridine rings is 1. The van der Waals surface area contributed by atoms with Gasteiger partial charge < -0.3 is 20.9 Å². The maximum Gasteiger partial charge on any atom is 0.402 e. The van der Waals surface area contributed by atoms with Crippen molar-refractivity contribution in [2.45, 2.75) is 0 Å². The highest BCUT2D eigenvalue weighted by atomic mass is 16.4. The van der Waals surface area contributed by atoms with Crippen molar-refractivity contribution < 1.29 is 15.0 Å². The first-order valence-corrected chi connectivity index (χ1v) is 2.89. The van der Waals surface area contributed by atoms with E-state index in [9.17, 15) is 4.79 Å². The molecule has 0 radical (unpaired) electrons. The molecule has 6 heteroatoms. The quantitative estimate of drug-likeness (QED) is 0.430. The molecule has 12 heavy (non-hydrogen) atoms. The third-order valence-electron chi connectivity index (χ3n) is 0.797. The monoisotopic (exact) mass is 172 g/mol. The number of hydrogen-bond donors (Lipinski definition) is 4. The summed E-state index contributed by atoms with van der Waals surface area (Å²) in [6, 6.07) is 2.88. The lowest BCUT2D eigenvalue weighted by atomic mass is 10.5. The maximum absolute atomic E-state index is 10.3. The molecule has 6 nitrogen and oxygen atoms in total. The minimum Gasteiger partial charge on any atom is -0.503 e. The fourth-order valence-electron chi connectivity index (χ4n) is 0.413. The number of aromatic hydroxyl groups is 1. The van der Waals surface area contributed by atoms with Gasteiger partial charge in [-0.2, -0.15) is 0 Å². The molecule has 0 aliphatic rings. The topological polar surface area (TPSA) is 116 Å². The second-order valence-corrected chi connectivity index (χ2v) is 1.72. The smallest absolute Gasteiger partial charge is 0.402 e. The maximum atomic E-state index is 10.3. The van der Waals surface area contributed by atoms with E-state index in [-0.39, 0.29) is 5.75 Å². The van der Waals surface area contributed by atoms with Gasteiger partial charge in [-0.3, -0.25) is 4.79 Å². The Balaban J connectivity index is 0.000000261. The Morgan fingerprint density at radius 2 is 2.08 bits per heavy atom. The average molecular weight is 172 g/mol. The van der Waals surface area contributed by atoms with Crippen LogP contribution in [0.15, 0.2) is 23.1 Å². The van der Waals surface area contributed by atoms with E-state index >= 15 is 0 Å². The van der Waals surface area contributed by atoms with E-state index in [0.29, 0.717) is 0 Å². The first-order chi connectivity index (χ1) is 5.54. The van der Waals surface area contributed by atoms with Gasteiger partial charge in [-0.1, -0.05) is 0 Å². The fraction of sp³-hybridized carbons (Fsp3) is 0. The molecule has 1 heterocycles. The highest BCUT2D eigenvalue weighted by Gasteiger charge is 1.87. The standard InChI is InChI=1S/C5H5NO2.CH3NO2/c7-4-2-1-3-6-5(4)8;2-1(3)4/h1-3,7H,(H,6,8);2H2,(H,3,4). The number of aromatic nitrogens is 1. The molecular formula is C6H8N2O4. The van der Waals surface area contributed by atoms with E-state index in [1.54, 1.807) is 6.07 Å². The number of rotatable bonds is 0. The van der Waals surface area contributed by atoms with Crippen molar-refractivity contribution in [1.82, 2.24) is 4.98 Å². The molecular weight excluding hydrogens is 164 g/mol. The lowest BCUT2D eigenvalue weighted by molar-refractivity contribution is 0.205. The van der Waals surface area contributed by atoms with Crippen LogP contribution in [0.4, 0.5) is 4.79 Å². The van der Waals surface area contributed by atoms with Crippen LogP contribution in [0.2, 0.25) is 0 Å². The van der Waals surface area contributed by atoms with E-state index < -0.39 is 11.7 Å². The van der Waals surface area contributed by atoms with Gasteiger partial charge in [0.15, 0.2) is 5.75 Å². The van der Waals surface area contributed by atoms with E-state index in [2.05, 4.69) is 10.7 Å². The Bertz CT molecular complexity index is 302. The van der Waals surface area contributed by atoms with Crippen LogP contribution in [-0.2, 0) is 0 Å². The molecule has 0 unspecified atom stereocenters. The SMILES string of the molecule is NC(=O)O.O=c1[nH]cccc1O. The number of nitrogens with two attached hydrogens (primary N) is 1. The van der Waals surface area contributed by atoms with Crippen LogP contribution in [0.5, 0.6) is 5.75 Å². The van der Waals surface area contributed by atoms with Crippen LogP contribution in [0.25, 0.3) is 0 Å². The number of amides is 1. The summed E-state index contributed by atoms with van der Waals surface area (Å²) in [4.78, 5) is 21.4. The van der Waals surface area contributed by atoms with E-state index in [1.807, 2.05) is 0 Å². The van der Waals surface area contributed by atoms with Crippen LogP contribution in [0.1, 0.15) is 0 Å². The van der Waals surface area contributed by atoms with Gasteiger partial charge in [-0.25, -0.2) is 4.79 Å². The van der Waals surface area contributed by atoms with Crippen molar-refractivity contribution in [2.24, 2.45) is 5.73 Å². The summed E-state index contributed by atoms with van der Waals surface area (Å²) in [6.07, 6.45) is 0.127. The van der Waals surface area contributed by atoms with Gasteiger partial charge in [-0.15, -0.1) is 0 Å². The molecule has 66 valence electrons. The van der Waals surface area contributed by atoms with E-state index in [4.69, 9.17) is 15.0 Å². The van der Waals surface area contributed by atoms with E-state index in [1.165, 1.54) is 12.3 Å². The molecule has 0 atom stereocenters. The molecule has 0 bridgehead atoms. The largest absolute Gasteiger partial charge is 0.503 e. The second kappa shape index (κ2) is 4.78. The highest BCUT2D eigenvalue weighted by molar-refractivity contribution is 5.61. The van der Waals surface area contributed by atoms with Crippen LogP contribution in [0, 0.1) is 0 Å². The van der Waals surface area contributed by atoms with Crippen LogP contribution in [0.3, 0.4) is 0 Å². The van der Waals surface area contributed by atoms with Crippen molar-refractivity contribution in [1.29, 1.82) is 0 Å². The van der Waals surface area contributed by atoms with Crippen molar-refractivity contribution in [3.8, 4) is 5.75 Å². The number of H-pyrrole nitrogens is 1. The summed E-state index contributed by atoms with van der Waals surface area (Å²) >= 11 is 0. The molecule has 0 saturated heterocycles. The summed E-state index contributed by atoms with van der Waals surface area (Å²) in [5.41, 5.74) is 3.58. The van der Waals surface area contributed by atoms with Crippen LogP contribution in [-0.4, -0.2) is 21.3 Å². The van der Waals surface area contributed by atoms with Gasteiger partial charge >= 0.3 is 6.09 Å². The summed E-state index contributed by atoms with van der Waals surface area (Å²) in [5.74, 6) is -0.243. The molecule has 1 aromatic rings. The normalized spacial score (nSPS) is 8.00. The predicted octanol–water partition coefficient (Wildman–Crippen LogP) is -0.296. The molecule has 0 aliphatic carbocycles. The summed E-state index contributed by atoms with van der Waals surface area (Å²) in [5, 5.41) is 15.8. The van der Waals surface area contributed by atoms with Gasteiger partial charge in [0, 0.05) is 6.20 Å². The zero-order valence-corrected chi connectivity index (χ0v) is 6.02. The first kappa shape index (κ1) is 10.0. The Morgan fingerprint density at radius 3 is 2.33 bits per heavy atom. The van der Waals surface area contributed by atoms with Gasteiger partial charge in [0.05, 0.1) is 0 Å². The first-order valence-electron chi connectivity index (χ1n) is 2.89. The number of aromatic amines is 1. The lowest BCUT2D eigenvalue weighted by Gasteiger charge is -1.83. The minimum atomic E-state index is -1.33. The zero-order chi connectivity index (χ0) is 9.56. The Kier molecular flexibility index (Phi) is 3.99. The summed E-state index contributed by atoms with van der Waals surface area (Å²) in [7, 11) is 0. The number of nitrogens with one attached hydrogen (secondary N) is 1.